The molecule has 6 nitrogen and oxygen atoms in total. The van der Waals surface area contributed by atoms with E-state index in [0.29, 0.717) is 13.0 Å². The quantitative estimate of drug-likeness (QED) is 0.606. The van der Waals surface area contributed by atoms with Crippen molar-refractivity contribution in [3.8, 4) is 0 Å². The first-order valence-electron chi connectivity index (χ1n) is 7.28. The number of carbonyl (C=O) groups excluding carboxylic acids is 1. The Morgan fingerprint density at radius 1 is 1.13 bits per heavy atom. The Morgan fingerprint density at radius 2 is 1.87 bits per heavy atom. The number of non-ortho nitro benzene ring substituents is 1. The number of nitrogens with one attached hydrogen (secondary N) is 1. The molecule has 0 fully saturated rings. The predicted molar refractivity (Wildman–Crippen MR) is 85.6 cm³/mol. The Bertz CT molecular complexity index is 700. The number of amides is 1. The van der Waals surface area contributed by atoms with Crippen LogP contribution in [0.5, 0.6) is 0 Å². The average Bonchev–Trinajstić information content (AvgIpc) is 2.58. The molecular formula is C17H18N2O4. The molecular weight excluding hydrogens is 296 g/mol. The van der Waals surface area contributed by atoms with Crippen LogP contribution in [-0.4, -0.2) is 15.9 Å². The zero-order chi connectivity index (χ0) is 16.7. The van der Waals surface area contributed by atoms with Gasteiger partial charge in [-0.1, -0.05) is 36.4 Å². The Morgan fingerprint density at radius 3 is 2.57 bits per heavy atom. The van der Waals surface area contributed by atoms with Crippen LogP contribution in [0.2, 0.25) is 0 Å². The van der Waals surface area contributed by atoms with Gasteiger partial charge in [0.2, 0.25) is 5.91 Å². The van der Waals surface area contributed by atoms with Crippen LogP contribution in [0.1, 0.15) is 23.1 Å². The Kier molecular flexibility index (Phi) is 5.82. The van der Waals surface area contributed by atoms with E-state index in [-0.39, 0.29) is 24.6 Å². The largest absolute Gasteiger partial charge is 0.392 e. The van der Waals surface area contributed by atoms with Crippen molar-refractivity contribution in [1.82, 2.24) is 5.32 Å². The van der Waals surface area contributed by atoms with Crippen LogP contribution in [0.3, 0.4) is 0 Å². The van der Waals surface area contributed by atoms with Crippen LogP contribution >= 0.6 is 0 Å². The maximum Gasteiger partial charge on any atom is 0.269 e. The van der Waals surface area contributed by atoms with Crippen molar-refractivity contribution in [1.29, 1.82) is 0 Å². The summed E-state index contributed by atoms with van der Waals surface area (Å²) >= 11 is 0. The topological polar surface area (TPSA) is 92.5 Å². The molecule has 2 aromatic carbocycles. The van der Waals surface area contributed by atoms with Gasteiger partial charge in [0.25, 0.3) is 5.69 Å². The van der Waals surface area contributed by atoms with Gasteiger partial charge in [-0.3, -0.25) is 14.9 Å². The number of aliphatic hydroxyl groups is 1. The molecule has 0 aromatic heterocycles. The van der Waals surface area contributed by atoms with Gasteiger partial charge in [-0.05, 0) is 23.1 Å². The van der Waals surface area contributed by atoms with Crippen molar-refractivity contribution < 1.29 is 14.8 Å². The molecule has 0 heterocycles. The van der Waals surface area contributed by atoms with Crippen molar-refractivity contribution in [3.05, 3.63) is 75.3 Å². The first kappa shape index (κ1) is 16.6. The van der Waals surface area contributed by atoms with Gasteiger partial charge in [-0.2, -0.15) is 0 Å². The minimum atomic E-state index is -0.449. The monoisotopic (exact) mass is 314 g/mol. The van der Waals surface area contributed by atoms with Crippen molar-refractivity contribution in [2.75, 3.05) is 0 Å². The molecule has 23 heavy (non-hydrogen) atoms. The molecule has 6 heteroatoms. The predicted octanol–water partition coefficient (Wildman–Crippen LogP) is 2.34. The van der Waals surface area contributed by atoms with E-state index < -0.39 is 4.92 Å². The molecule has 2 N–H and O–H groups in total. The van der Waals surface area contributed by atoms with E-state index in [1.54, 1.807) is 12.1 Å². The van der Waals surface area contributed by atoms with E-state index in [9.17, 15) is 20.0 Å². The highest BCUT2D eigenvalue weighted by molar-refractivity contribution is 5.76. The molecule has 0 bridgehead atoms. The van der Waals surface area contributed by atoms with Crippen molar-refractivity contribution in [3.63, 3.8) is 0 Å². The molecule has 120 valence electrons. The number of aliphatic hydroxyl groups excluding tert-OH is 1. The van der Waals surface area contributed by atoms with Crippen LogP contribution in [0.15, 0.2) is 48.5 Å². The van der Waals surface area contributed by atoms with E-state index in [1.807, 2.05) is 24.3 Å². The lowest BCUT2D eigenvalue weighted by Crippen LogP contribution is -2.23. The molecule has 2 aromatic rings. The fourth-order valence-corrected chi connectivity index (χ4v) is 2.25. The third kappa shape index (κ3) is 4.89. The number of rotatable bonds is 7. The molecule has 0 aliphatic heterocycles. The molecule has 0 unspecified atom stereocenters. The lowest BCUT2D eigenvalue weighted by atomic mass is 10.1. The van der Waals surface area contributed by atoms with Crippen LogP contribution < -0.4 is 5.32 Å². The van der Waals surface area contributed by atoms with Gasteiger partial charge in [0.05, 0.1) is 11.5 Å². The van der Waals surface area contributed by atoms with Crippen molar-refractivity contribution in [2.45, 2.75) is 26.0 Å². The summed E-state index contributed by atoms with van der Waals surface area (Å²) in [5, 5.41) is 22.8. The third-order valence-electron chi connectivity index (χ3n) is 3.53. The number of hydrogen-bond acceptors (Lipinski definition) is 4. The van der Waals surface area contributed by atoms with Gasteiger partial charge in [0.15, 0.2) is 0 Å². The second-order valence-electron chi connectivity index (χ2n) is 5.13. The van der Waals surface area contributed by atoms with E-state index >= 15 is 0 Å². The van der Waals surface area contributed by atoms with Gasteiger partial charge in [0, 0.05) is 25.1 Å². The number of benzene rings is 2. The second-order valence-corrected chi connectivity index (χ2v) is 5.13. The fourth-order valence-electron chi connectivity index (χ4n) is 2.25. The Labute approximate surface area is 133 Å². The number of nitro benzene ring substituents is 1. The summed E-state index contributed by atoms with van der Waals surface area (Å²) in [5.74, 6) is -0.135. The SMILES string of the molecule is O=C(CCc1cccc([N+](=O)[O-])c1)NCc1ccccc1CO. The minimum Gasteiger partial charge on any atom is -0.392 e. The second kappa shape index (κ2) is 8.05. The molecule has 0 saturated carbocycles. The molecule has 0 saturated heterocycles. The maximum absolute atomic E-state index is 11.9. The normalized spacial score (nSPS) is 10.3. The van der Waals surface area contributed by atoms with Gasteiger partial charge >= 0.3 is 0 Å². The zero-order valence-corrected chi connectivity index (χ0v) is 12.6. The van der Waals surface area contributed by atoms with Gasteiger partial charge in [-0.25, -0.2) is 0 Å². The molecule has 0 spiro atoms. The van der Waals surface area contributed by atoms with Crippen LogP contribution in [0, 0.1) is 10.1 Å². The Hall–Kier alpha value is -2.73. The highest BCUT2D eigenvalue weighted by Crippen LogP contribution is 2.14. The number of aryl methyl sites for hydroxylation is 1. The lowest BCUT2D eigenvalue weighted by molar-refractivity contribution is -0.384. The summed E-state index contributed by atoms with van der Waals surface area (Å²) in [6, 6.07) is 13.6. The maximum atomic E-state index is 11.9. The van der Waals surface area contributed by atoms with E-state index in [2.05, 4.69) is 5.32 Å². The molecule has 0 aliphatic rings. The standard InChI is InChI=1S/C17H18N2O4/c20-12-15-6-2-1-5-14(15)11-18-17(21)9-8-13-4-3-7-16(10-13)19(22)23/h1-7,10,20H,8-9,11-12H2,(H,18,21). The first-order valence-corrected chi connectivity index (χ1v) is 7.28. The number of nitro groups is 1. The lowest BCUT2D eigenvalue weighted by Gasteiger charge is -2.09. The number of nitrogens with zero attached hydrogens (tertiary/aromatic N) is 1. The van der Waals surface area contributed by atoms with E-state index in [0.717, 1.165) is 16.7 Å². The molecule has 1 amide bonds. The molecule has 2 rings (SSSR count). The van der Waals surface area contributed by atoms with Gasteiger partial charge < -0.3 is 10.4 Å². The third-order valence-corrected chi connectivity index (χ3v) is 3.53. The van der Waals surface area contributed by atoms with Gasteiger partial charge in [-0.15, -0.1) is 0 Å². The summed E-state index contributed by atoms with van der Waals surface area (Å²) < 4.78 is 0. The van der Waals surface area contributed by atoms with E-state index in [1.165, 1.54) is 12.1 Å². The highest BCUT2D eigenvalue weighted by atomic mass is 16.6. The first-order chi connectivity index (χ1) is 11.1. The van der Waals surface area contributed by atoms with Crippen LogP contribution in [0.25, 0.3) is 0 Å². The number of hydrogen-bond donors (Lipinski definition) is 2. The molecule has 0 atom stereocenters. The van der Waals surface area contributed by atoms with Gasteiger partial charge in [0.1, 0.15) is 0 Å². The van der Waals surface area contributed by atoms with Crippen LogP contribution in [-0.2, 0) is 24.4 Å². The fraction of sp³-hybridized carbons (Fsp3) is 0.235. The summed E-state index contributed by atoms with van der Waals surface area (Å²) in [4.78, 5) is 22.2. The summed E-state index contributed by atoms with van der Waals surface area (Å²) in [7, 11) is 0. The summed E-state index contributed by atoms with van der Waals surface area (Å²) in [6.45, 7) is 0.282. The van der Waals surface area contributed by atoms with Crippen LogP contribution in [0.4, 0.5) is 5.69 Å². The number of carbonyl (C=O) groups is 1. The summed E-state index contributed by atoms with van der Waals surface area (Å²) in [6.07, 6.45) is 0.692. The van der Waals surface area contributed by atoms with Crippen molar-refractivity contribution >= 4 is 11.6 Å². The average molecular weight is 314 g/mol. The van der Waals surface area contributed by atoms with E-state index in [4.69, 9.17) is 0 Å². The smallest absolute Gasteiger partial charge is 0.269 e. The Balaban J connectivity index is 1.86. The zero-order valence-electron chi connectivity index (χ0n) is 12.6. The highest BCUT2D eigenvalue weighted by Gasteiger charge is 2.08. The molecule has 0 aliphatic carbocycles. The molecule has 0 radical (unpaired) electrons. The van der Waals surface area contributed by atoms with Crippen molar-refractivity contribution in [2.24, 2.45) is 0 Å². The minimum absolute atomic E-state index is 0.0276. The summed E-state index contributed by atoms with van der Waals surface area (Å²) in [5.41, 5.74) is 2.44.